The Kier molecular flexibility index (Phi) is 8.04. The number of carbonyl (C=O) groups is 1. The van der Waals surface area contributed by atoms with Crippen LogP contribution in [0.1, 0.15) is 5.56 Å². The monoisotopic (exact) mass is 422 g/mol. The summed E-state index contributed by atoms with van der Waals surface area (Å²) >= 11 is 0. The van der Waals surface area contributed by atoms with E-state index >= 15 is 0 Å². The molecule has 31 heavy (non-hydrogen) atoms. The van der Waals surface area contributed by atoms with Crippen LogP contribution in [0, 0.1) is 0 Å². The van der Waals surface area contributed by atoms with Gasteiger partial charge in [0, 0.05) is 31.4 Å². The van der Waals surface area contributed by atoms with Gasteiger partial charge in [-0.2, -0.15) is 0 Å². The van der Waals surface area contributed by atoms with E-state index in [2.05, 4.69) is 0 Å². The van der Waals surface area contributed by atoms with Gasteiger partial charge in [-0.25, -0.2) is 0 Å². The minimum atomic E-state index is -0.365. The average molecular weight is 422 g/mol. The molecule has 0 amide bonds. The van der Waals surface area contributed by atoms with E-state index in [1.165, 1.54) is 7.11 Å². The number of ether oxygens (including phenoxy) is 5. The Morgan fingerprint density at radius 1 is 0.710 bits per heavy atom. The summed E-state index contributed by atoms with van der Waals surface area (Å²) in [6.45, 7) is 0.0950. The van der Waals surface area contributed by atoms with Gasteiger partial charge in [-0.1, -0.05) is 60.7 Å². The molecule has 0 heterocycles. The van der Waals surface area contributed by atoms with Crippen molar-refractivity contribution in [3.63, 3.8) is 0 Å². The first-order valence-electron chi connectivity index (χ1n) is 9.80. The lowest BCUT2D eigenvalue weighted by molar-refractivity contribution is -0.139. The van der Waals surface area contributed by atoms with E-state index in [1.807, 2.05) is 66.7 Å². The second-order valence-electron chi connectivity index (χ2n) is 6.69. The highest BCUT2D eigenvalue weighted by atomic mass is 16.7. The Bertz CT molecular complexity index is 916. The highest BCUT2D eigenvalue weighted by molar-refractivity contribution is 5.90. The highest BCUT2D eigenvalue weighted by Gasteiger charge is 2.24. The van der Waals surface area contributed by atoms with Gasteiger partial charge in [0.05, 0.1) is 13.5 Å². The predicted molar refractivity (Wildman–Crippen MR) is 118 cm³/mol. The number of carbonyl (C=O) groups excluding carboxylic acids is 1. The molecule has 0 spiro atoms. The second-order valence-corrected chi connectivity index (χ2v) is 6.69. The number of hydrogen-bond donors (Lipinski definition) is 0. The summed E-state index contributed by atoms with van der Waals surface area (Å²) in [5.41, 5.74) is 4.12. The molecule has 0 unspecified atom stereocenters. The lowest BCUT2D eigenvalue weighted by atomic mass is 9.88. The van der Waals surface area contributed by atoms with E-state index in [9.17, 15) is 4.79 Å². The molecule has 0 aliphatic carbocycles. The zero-order valence-electron chi connectivity index (χ0n) is 17.9. The molecule has 0 aliphatic heterocycles. The van der Waals surface area contributed by atoms with Gasteiger partial charge >= 0.3 is 5.97 Å². The lowest BCUT2D eigenvalue weighted by Gasteiger charge is -2.22. The summed E-state index contributed by atoms with van der Waals surface area (Å²) in [6.07, 6.45) is 0.0402. The van der Waals surface area contributed by atoms with E-state index in [-0.39, 0.29) is 26.0 Å². The largest absolute Gasteiger partial charge is 0.469 e. The van der Waals surface area contributed by atoms with Crippen LogP contribution in [0.3, 0.4) is 0 Å². The average Bonchev–Trinajstić information content (AvgIpc) is 2.82. The molecule has 6 nitrogen and oxygen atoms in total. The fraction of sp³-hybridized carbons (Fsp3) is 0.240. The molecule has 0 atom stereocenters. The van der Waals surface area contributed by atoms with Crippen molar-refractivity contribution in [1.82, 2.24) is 0 Å². The molecule has 3 rings (SSSR count). The zero-order valence-corrected chi connectivity index (χ0v) is 17.9. The van der Waals surface area contributed by atoms with E-state index in [4.69, 9.17) is 23.7 Å². The normalized spacial score (nSPS) is 10.5. The molecule has 0 radical (unpaired) electrons. The van der Waals surface area contributed by atoms with E-state index < -0.39 is 0 Å². The zero-order chi connectivity index (χ0) is 22.1. The first-order chi connectivity index (χ1) is 15.2. The Morgan fingerprint density at radius 2 is 1.16 bits per heavy atom. The summed E-state index contributed by atoms with van der Waals surface area (Å²) in [6, 6.07) is 21.3. The van der Waals surface area contributed by atoms with Crippen molar-refractivity contribution in [3.05, 3.63) is 72.3 Å². The molecule has 0 N–H and O–H groups in total. The van der Waals surface area contributed by atoms with Crippen LogP contribution in [0.25, 0.3) is 22.3 Å². The molecular formula is C25H26O6. The van der Waals surface area contributed by atoms with Gasteiger partial charge in [0.2, 0.25) is 0 Å². The molecule has 3 aromatic carbocycles. The van der Waals surface area contributed by atoms with Gasteiger partial charge in [0.15, 0.2) is 13.6 Å². The Morgan fingerprint density at radius 3 is 1.55 bits per heavy atom. The summed E-state index contributed by atoms with van der Waals surface area (Å²) in [4.78, 5) is 12.4. The maximum Gasteiger partial charge on any atom is 0.310 e. The number of methoxy groups -OCH3 is 3. The number of hydrogen-bond acceptors (Lipinski definition) is 6. The number of esters is 1. The molecule has 0 aromatic heterocycles. The van der Waals surface area contributed by atoms with Crippen molar-refractivity contribution < 1.29 is 28.5 Å². The molecule has 0 fully saturated rings. The number of rotatable bonds is 10. The van der Waals surface area contributed by atoms with Crippen LogP contribution in [0.2, 0.25) is 0 Å². The van der Waals surface area contributed by atoms with Crippen LogP contribution in [-0.2, 0) is 25.4 Å². The number of benzene rings is 3. The van der Waals surface area contributed by atoms with E-state index in [0.29, 0.717) is 11.5 Å². The molecule has 162 valence electrons. The van der Waals surface area contributed by atoms with Crippen molar-refractivity contribution in [2.75, 3.05) is 34.9 Å². The summed E-state index contributed by atoms with van der Waals surface area (Å²) < 4.78 is 27.1. The molecule has 3 aromatic rings. The summed E-state index contributed by atoms with van der Waals surface area (Å²) in [7, 11) is 4.48. The Labute approximate surface area is 182 Å². The van der Waals surface area contributed by atoms with Crippen LogP contribution in [0.15, 0.2) is 66.7 Å². The molecule has 6 heteroatoms. The van der Waals surface area contributed by atoms with Crippen LogP contribution < -0.4 is 9.47 Å². The van der Waals surface area contributed by atoms with Crippen molar-refractivity contribution in [2.45, 2.75) is 6.42 Å². The third-order valence-corrected chi connectivity index (χ3v) is 4.70. The van der Waals surface area contributed by atoms with Gasteiger partial charge < -0.3 is 23.7 Å². The minimum absolute atomic E-state index is 0.0402. The van der Waals surface area contributed by atoms with Crippen molar-refractivity contribution in [2.24, 2.45) is 0 Å². The fourth-order valence-electron chi connectivity index (χ4n) is 3.39. The maximum atomic E-state index is 12.4. The molecule has 0 bridgehead atoms. The van der Waals surface area contributed by atoms with Crippen LogP contribution in [0.5, 0.6) is 11.5 Å². The van der Waals surface area contributed by atoms with Gasteiger partial charge in [-0.15, -0.1) is 0 Å². The predicted octanol–water partition coefficient (Wildman–Crippen LogP) is 4.70. The summed E-state index contributed by atoms with van der Waals surface area (Å²) in [5.74, 6) is 0.714. The Hall–Kier alpha value is -3.35. The van der Waals surface area contributed by atoms with Crippen LogP contribution in [0.4, 0.5) is 0 Å². The molecule has 0 saturated carbocycles. The Balaban J connectivity index is 2.36. The quantitative estimate of drug-likeness (QED) is 0.349. The molecule has 0 aliphatic rings. The third-order valence-electron chi connectivity index (χ3n) is 4.70. The van der Waals surface area contributed by atoms with Gasteiger partial charge in [-0.3, -0.25) is 4.79 Å². The first-order valence-corrected chi connectivity index (χ1v) is 9.80. The third kappa shape index (κ3) is 5.42. The lowest BCUT2D eigenvalue weighted by Crippen LogP contribution is -2.11. The van der Waals surface area contributed by atoms with Gasteiger partial charge in [0.1, 0.15) is 11.5 Å². The summed E-state index contributed by atoms with van der Waals surface area (Å²) in [5, 5.41) is 0. The minimum Gasteiger partial charge on any atom is -0.469 e. The fourth-order valence-corrected chi connectivity index (χ4v) is 3.39. The van der Waals surface area contributed by atoms with Gasteiger partial charge in [-0.05, 0) is 16.7 Å². The molecular weight excluding hydrogens is 396 g/mol. The van der Waals surface area contributed by atoms with Crippen molar-refractivity contribution in [3.8, 4) is 33.8 Å². The first kappa shape index (κ1) is 22.3. The van der Waals surface area contributed by atoms with Crippen molar-refractivity contribution >= 4 is 5.97 Å². The van der Waals surface area contributed by atoms with Crippen molar-refractivity contribution in [1.29, 1.82) is 0 Å². The smallest absolute Gasteiger partial charge is 0.310 e. The van der Waals surface area contributed by atoms with E-state index in [0.717, 1.165) is 27.8 Å². The topological polar surface area (TPSA) is 63.2 Å². The SMILES string of the molecule is COCOc1cc(OCOC)c(-c2ccccc2)c(CC(=O)OC)c1-c1ccccc1. The van der Waals surface area contributed by atoms with E-state index in [1.54, 1.807) is 14.2 Å². The van der Waals surface area contributed by atoms with Crippen LogP contribution >= 0.6 is 0 Å². The maximum absolute atomic E-state index is 12.4. The van der Waals surface area contributed by atoms with Gasteiger partial charge in [0.25, 0.3) is 0 Å². The van der Waals surface area contributed by atoms with Crippen LogP contribution in [-0.4, -0.2) is 40.9 Å². The highest BCUT2D eigenvalue weighted by Crippen LogP contribution is 2.45. The standard InChI is InChI=1S/C25H26O6/c1-27-16-30-21-15-22(31-17-28-2)25(19-12-8-5-9-13-19)20(14-23(26)29-3)24(21)18-10-6-4-7-11-18/h4-13,15H,14,16-17H2,1-3H3. The molecule has 0 saturated heterocycles. The second kappa shape index (κ2) is 11.2.